The van der Waals surface area contributed by atoms with Crippen LogP contribution in [0.25, 0.3) is 0 Å². The van der Waals surface area contributed by atoms with E-state index in [0.717, 1.165) is 25.7 Å². The number of aliphatic hydroxyl groups is 1. The summed E-state index contributed by atoms with van der Waals surface area (Å²) in [5.41, 5.74) is 0.199. The number of hydrogen-bond acceptors (Lipinski definition) is 3. The molecule has 15 heavy (non-hydrogen) atoms. The van der Waals surface area contributed by atoms with Gasteiger partial charge in [-0.3, -0.25) is 4.90 Å². The molecule has 0 aliphatic heterocycles. The van der Waals surface area contributed by atoms with Crippen molar-refractivity contribution in [2.24, 2.45) is 0 Å². The van der Waals surface area contributed by atoms with Crippen LogP contribution in [0.3, 0.4) is 0 Å². The highest BCUT2D eigenvalue weighted by molar-refractivity contribution is 4.81. The molecule has 1 aliphatic carbocycles. The van der Waals surface area contributed by atoms with Crippen molar-refractivity contribution < 1.29 is 5.11 Å². The number of rotatable bonds is 6. The summed E-state index contributed by atoms with van der Waals surface area (Å²) in [5, 5.41) is 12.5. The van der Waals surface area contributed by atoms with Crippen LogP contribution < -0.4 is 5.32 Å². The van der Waals surface area contributed by atoms with Gasteiger partial charge in [0.15, 0.2) is 0 Å². The first kappa shape index (κ1) is 12.9. The highest BCUT2D eigenvalue weighted by Gasteiger charge is 2.24. The predicted octanol–water partition coefficient (Wildman–Crippen LogP) is 1.22. The van der Waals surface area contributed by atoms with Crippen LogP contribution in [0.15, 0.2) is 0 Å². The lowest BCUT2D eigenvalue weighted by atomic mass is 9.91. The minimum absolute atomic E-state index is 0.199. The average Bonchev–Trinajstić information content (AvgIpc) is 1.98. The van der Waals surface area contributed by atoms with Crippen molar-refractivity contribution in [2.45, 2.75) is 51.6 Å². The van der Waals surface area contributed by atoms with Crippen molar-refractivity contribution in [3.05, 3.63) is 0 Å². The molecule has 1 aliphatic rings. The molecule has 0 saturated heterocycles. The molecular weight excluding hydrogens is 188 g/mol. The predicted molar refractivity (Wildman–Crippen MR) is 64.1 cm³/mol. The van der Waals surface area contributed by atoms with E-state index in [1.54, 1.807) is 0 Å². The molecule has 0 aromatic heterocycles. The summed E-state index contributed by atoms with van der Waals surface area (Å²) in [6, 6.07) is 0.735. The first-order valence-corrected chi connectivity index (χ1v) is 6.13. The summed E-state index contributed by atoms with van der Waals surface area (Å²) in [4.78, 5) is 2.42. The molecule has 0 bridgehead atoms. The van der Waals surface area contributed by atoms with Gasteiger partial charge in [0, 0.05) is 31.2 Å². The topological polar surface area (TPSA) is 35.5 Å². The molecule has 0 amide bonds. The molecule has 1 rings (SSSR count). The third kappa shape index (κ3) is 4.96. The fourth-order valence-corrected chi connectivity index (χ4v) is 1.93. The summed E-state index contributed by atoms with van der Waals surface area (Å²) < 4.78 is 0. The van der Waals surface area contributed by atoms with Gasteiger partial charge in [-0.25, -0.2) is 0 Å². The van der Waals surface area contributed by atoms with Gasteiger partial charge in [0.2, 0.25) is 0 Å². The standard InChI is InChI=1S/C12H26N2O/c1-12(2,3)13-7-8-14(9-10-15)11-5-4-6-11/h11,13,15H,4-10H2,1-3H3. The zero-order valence-electron chi connectivity index (χ0n) is 10.4. The maximum Gasteiger partial charge on any atom is 0.0558 e. The Morgan fingerprint density at radius 2 is 1.93 bits per heavy atom. The van der Waals surface area contributed by atoms with Crippen LogP contribution in [0, 0.1) is 0 Å². The first-order valence-electron chi connectivity index (χ1n) is 6.13. The molecule has 2 N–H and O–H groups in total. The van der Waals surface area contributed by atoms with Crippen LogP contribution in [-0.2, 0) is 0 Å². The molecule has 0 atom stereocenters. The monoisotopic (exact) mass is 214 g/mol. The fraction of sp³-hybridized carbons (Fsp3) is 1.00. The summed E-state index contributed by atoms with van der Waals surface area (Å²) in [6.45, 7) is 9.75. The second-order valence-corrected chi connectivity index (χ2v) is 5.52. The number of nitrogens with one attached hydrogen (secondary N) is 1. The normalized spacial score (nSPS) is 18.2. The molecule has 3 heteroatoms. The second-order valence-electron chi connectivity index (χ2n) is 5.52. The number of aliphatic hydroxyl groups excluding tert-OH is 1. The number of nitrogens with zero attached hydrogens (tertiary/aromatic N) is 1. The van der Waals surface area contributed by atoms with Crippen molar-refractivity contribution in [1.82, 2.24) is 10.2 Å². The van der Waals surface area contributed by atoms with E-state index in [4.69, 9.17) is 5.11 Å². The molecule has 0 radical (unpaired) electrons. The SMILES string of the molecule is CC(C)(C)NCCN(CCO)C1CCC1. The summed E-state index contributed by atoms with van der Waals surface area (Å²) in [5.74, 6) is 0. The zero-order chi connectivity index (χ0) is 11.3. The Morgan fingerprint density at radius 3 is 2.33 bits per heavy atom. The number of hydrogen-bond donors (Lipinski definition) is 2. The first-order chi connectivity index (χ1) is 7.03. The van der Waals surface area contributed by atoms with Crippen LogP contribution in [-0.4, -0.2) is 47.8 Å². The van der Waals surface area contributed by atoms with Gasteiger partial charge in [-0.1, -0.05) is 6.42 Å². The van der Waals surface area contributed by atoms with E-state index in [1.807, 2.05) is 0 Å². The van der Waals surface area contributed by atoms with Crippen LogP contribution >= 0.6 is 0 Å². The van der Waals surface area contributed by atoms with Crippen molar-refractivity contribution >= 4 is 0 Å². The summed E-state index contributed by atoms with van der Waals surface area (Å²) >= 11 is 0. The zero-order valence-corrected chi connectivity index (χ0v) is 10.4. The Bertz CT molecular complexity index is 173. The van der Waals surface area contributed by atoms with Crippen molar-refractivity contribution in [3.8, 4) is 0 Å². The summed E-state index contributed by atoms with van der Waals surface area (Å²) in [7, 11) is 0. The van der Waals surface area contributed by atoms with Gasteiger partial charge in [-0.15, -0.1) is 0 Å². The lowest BCUT2D eigenvalue weighted by Crippen LogP contribution is -2.47. The minimum atomic E-state index is 0.199. The molecule has 0 aromatic carbocycles. The van der Waals surface area contributed by atoms with Gasteiger partial charge < -0.3 is 10.4 Å². The van der Waals surface area contributed by atoms with E-state index in [9.17, 15) is 0 Å². The highest BCUT2D eigenvalue weighted by Crippen LogP contribution is 2.24. The van der Waals surface area contributed by atoms with E-state index in [1.165, 1.54) is 19.3 Å². The molecule has 0 spiro atoms. The molecule has 90 valence electrons. The van der Waals surface area contributed by atoms with Crippen molar-refractivity contribution in [3.63, 3.8) is 0 Å². The van der Waals surface area contributed by atoms with Gasteiger partial charge in [-0.2, -0.15) is 0 Å². The van der Waals surface area contributed by atoms with Crippen molar-refractivity contribution in [1.29, 1.82) is 0 Å². The molecular formula is C12H26N2O. The highest BCUT2D eigenvalue weighted by atomic mass is 16.3. The Morgan fingerprint density at radius 1 is 1.27 bits per heavy atom. The molecule has 1 saturated carbocycles. The van der Waals surface area contributed by atoms with Crippen LogP contribution in [0.4, 0.5) is 0 Å². The van der Waals surface area contributed by atoms with E-state index in [0.29, 0.717) is 0 Å². The fourth-order valence-electron chi connectivity index (χ4n) is 1.93. The van der Waals surface area contributed by atoms with Crippen LogP contribution in [0.1, 0.15) is 40.0 Å². The Hall–Kier alpha value is -0.120. The van der Waals surface area contributed by atoms with Gasteiger partial charge in [0.05, 0.1) is 6.61 Å². The van der Waals surface area contributed by atoms with E-state index < -0.39 is 0 Å². The third-order valence-electron chi connectivity index (χ3n) is 3.03. The average molecular weight is 214 g/mol. The van der Waals surface area contributed by atoms with E-state index in [2.05, 4.69) is 31.0 Å². The van der Waals surface area contributed by atoms with E-state index in [-0.39, 0.29) is 12.1 Å². The summed E-state index contributed by atoms with van der Waals surface area (Å²) in [6.07, 6.45) is 3.99. The largest absolute Gasteiger partial charge is 0.395 e. The molecule has 1 fully saturated rings. The van der Waals surface area contributed by atoms with Crippen molar-refractivity contribution in [2.75, 3.05) is 26.2 Å². The smallest absolute Gasteiger partial charge is 0.0558 e. The second kappa shape index (κ2) is 5.83. The Kier molecular flexibility index (Phi) is 5.03. The van der Waals surface area contributed by atoms with Crippen LogP contribution in [0.2, 0.25) is 0 Å². The van der Waals surface area contributed by atoms with Crippen LogP contribution in [0.5, 0.6) is 0 Å². The lowest BCUT2D eigenvalue weighted by molar-refractivity contribution is 0.100. The maximum atomic E-state index is 9.00. The third-order valence-corrected chi connectivity index (χ3v) is 3.03. The van der Waals surface area contributed by atoms with Gasteiger partial charge in [0.1, 0.15) is 0 Å². The molecule has 3 nitrogen and oxygen atoms in total. The minimum Gasteiger partial charge on any atom is -0.395 e. The van der Waals surface area contributed by atoms with E-state index >= 15 is 0 Å². The van der Waals surface area contributed by atoms with Gasteiger partial charge >= 0.3 is 0 Å². The quantitative estimate of drug-likeness (QED) is 0.698. The molecule has 0 heterocycles. The van der Waals surface area contributed by atoms with Gasteiger partial charge in [-0.05, 0) is 33.6 Å². The maximum absolute atomic E-state index is 9.00. The Balaban J connectivity index is 2.19. The molecule has 0 aromatic rings. The Labute approximate surface area is 93.9 Å². The van der Waals surface area contributed by atoms with Gasteiger partial charge in [0.25, 0.3) is 0 Å². The molecule has 0 unspecified atom stereocenters. The lowest BCUT2D eigenvalue weighted by Gasteiger charge is -2.37.